The van der Waals surface area contributed by atoms with Gasteiger partial charge in [-0.2, -0.15) is 0 Å². The molecular weight excluding hydrogens is 241 g/mol. The van der Waals surface area contributed by atoms with Crippen molar-refractivity contribution in [2.75, 3.05) is 0 Å². The normalized spacial score (nSPS) is 14.6. The Morgan fingerprint density at radius 2 is 1.75 bits per heavy atom. The van der Waals surface area contributed by atoms with E-state index in [0.29, 0.717) is 12.1 Å². The lowest BCUT2D eigenvalue weighted by atomic mass is 9.80. The number of halogens is 4. The minimum absolute atomic E-state index is 0.120. The Balaban J connectivity index is 3.48. The highest BCUT2D eigenvalue weighted by Gasteiger charge is 2.37. The molecule has 1 unspecified atom stereocenters. The first kappa shape index (κ1) is 13.0. The van der Waals surface area contributed by atoms with E-state index < -0.39 is 33.7 Å². The monoisotopic (exact) mass is 250 g/mol. The van der Waals surface area contributed by atoms with E-state index in [1.165, 1.54) is 6.92 Å². The number of hydrogen-bond donors (Lipinski definition) is 0. The van der Waals surface area contributed by atoms with Crippen LogP contribution in [0.2, 0.25) is 0 Å². The highest BCUT2D eigenvalue weighted by molar-refractivity contribution is 6.65. The van der Waals surface area contributed by atoms with Gasteiger partial charge in [-0.05, 0) is 24.9 Å². The van der Waals surface area contributed by atoms with E-state index in [0.717, 1.165) is 0 Å². The maximum atomic E-state index is 13.5. The largest absolute Gasteiger partial charge is 0.280 e. The lowest BCUT2D eigenvalue weighted by Gasteiger charge is -2.25. The molecular formula is C11H10ClF3O. The van der Waals surface area contributed by atoms with Crippen LogP contribution in [-0.4, -0.2) is 5.24 Å². The molecule has 0 saturated heterocycles. The minimum Gasteiger partial charge on any atom is -0.280 e. The molecule has 1 atom stereocenters. The van der Waals surface area contributed by atoms with Crippen LogP contribution >= 0.6 is 11.6 Å². The fourth-order valence-electron chi connectivity index (χ4n) is 1.48. The van der Waals surface area contributed by atoms with Crippen molar-refractivity contribution in [3.63, 3.8) is 0 Å². The molecule has 0 aromatic heterocycles. The lowest BCUT2D eigenvalue weighted by molar-refractivity contribution is -0.116. The van der Waals surface area contributed by atoms with Crippen LogP contribution in [0.4, 0.5) is 13.2 Å². The maximum absolute atomic E-state index is 13.5. The average molecular weight is 251 g/mol. The summed E-state index contributed by atoms with van der Waals surface area (Å²) in [6.07, 6.45) is 0.120. The summed E-state index contributed by atoms with van der Waals surface area (Å²) in [5.41, 5.74) is -1.97. The second kappa shape index (κ2) is 4.45. The first-order valence-corrected chi connectivity index (χ1v) is 5.05. The van der Waals surface area contributed by atoms with Gasteiger partial charge in [-0.15, -0.1) is 0 Å². The van der Waals surface area contributed by atoms with Gasteiger partial charge in [-0.3, -0.25) is 4.79 Å². The Bertz CT molecular complexity index is 410. The van der Waals surface area contributed by atoms with Gasteiger partial charge in [0.25, 0.3) is 0 Å². The van der Waals surface area contributed by atoms with Crippen LogP contribution in [0.1, 0.15) is 25.8 Å². The van der Waals surface area contributed by atoms with Gasteiger partial charge < -0.3 is 0 Å². The van der Waals surface area contributed by atoms with Crippen molar-refractivity contribution in [1.82, 2.24) is 0 Å². The quantitative estimate of drug-likeness (QED) is 0.750. The van der Waals surface area contributed by atoms with E-state index in [9.17, 15) is 18.0 Å². The predicted octanol–water partition coefficient (Wildman–Crippen LogP) is 3.54. The molecule has 0 bridgehead atoms. The van der Waals surface area contributed by atoms with Gasteiger partial charge in [0.05, 0.1) is 5.41 Å². The predicted molar refractivity (Wildman–Crippen MR) is 54.8 cm³/mol. The van der Waals surface area contributed by atoms with Crippen LogP contribution in [-0.2, 0) is 10.2 Å². The third kappa shape index (κ3) is 2.07. The topological polar surface area (TPSA) is 17.1 Å². The molecule has 0 saturated carbocycles. The summed E-state index contributed by atoms with van der Waals surface area (Å²) in [5, 5.41) is -0.876. The van der Waals surface area contributed by atoms with Crippen molar-refractivity contribution < 1.29 is 18.0 Å². The highest BCUT2D eigenvalue weighted by Crippen LogP contribution is 2.34. The molecule has 1 nitrogen and oxygen atoms in total. The number of hydrogen-bond acceptors (Lipinski definition) is 1. The van der Waals surface area contributed by atoms with Crippen LogP contribution in [0, 0.1) is 17.5 Å². The van der Waals surface area contributed by atoms with E-state index in [1.807, 2.05) is 0 Å². The molecule has 5 heteroatoms. The van der Waals surface area contributed by atoms with Crippen molar-refractivity contribution in [2.45, 2.75) is 25.7 Å². The van der Waals surface area contributed by atoms with Crippen LogP contribution in [0.5, 0.6) is 0 Å². The molecule has 1 rings (SSSR count). The molecule has 16 heavy (non-hydrogen) atoms. The fraction of sp³-hybridized carbons (Fsp3) is 0.364. The van der Waals surface area contributed by atoms with Crippen LogP contribution in [0.25, 0.3) is 0 Å². The number of carbonyl (C=O) groups is 1. The first-order chi connectivity index (χ1) is 7.32. The zero-order valence-corrected chi connectivity index (χ0v) is 9.54. The summed E-state index contributed by atoms with van der Waals surface area (Å²) in [4.78, 5) is 11.2. The van der Waals surface area contributed by atoms with Crippen LogP contribution < -0.4 is 0 Å². The van der Waals surface area contributed by atoms with Crippen LogP contribution in [0.15, 0.2) is 12.1 Å². The van der Waals surface area contributed by atoms with Crippen LogP contribution in [0.3, 0.4) is 0 Å². The van der Waals surface area contributed by atoms with Crippen molar-refractivity contribution in [1.29, 1.82) is 0 Å². The van der Waals surface area contributed by atoms with Gasteiger partial charge in [0, 0.05) is 17.7 Å². The van der Waals surface area contributed by atoms with Crippen molar-refractivity contribution >= 4 is 16.8 Å². The number of carbonyl (C=O) groups excluding carboxylic acids is 1. The second-order valence-corrected chi connectivity index (χ2v) is 4.05. The zero-order valence-electron chi connectivity index (χ0n) is 8.78. The molecule has 0 aliphatic rings. The molecule has 0 spiro atoms. The second-order valence-electron chi connectivity index (χ2n) is 3.70. The molecule has 0 N–H and O–H groups in total. The third-order valence-electron chi connectivity index (χ3n) is 2.70. The molecule has 0 radical (unpaired) electrons. The summed E-state index contributed by atoms with van der Waals surface area (Å²) in [5.74, 6) is -3.23. The summed E-state index contributed by atoms with van der Waals surface area (Å²) >= 11 is 5.34. The number of rotatable bonds is 3. The molecule has 0 aliphatic heterocycles. The molecule has 0 fully saturated rings. The Morgan fingerprint density at radius 3 is 2.06 bits per heavy atom. The Hall–Kier alpha value is -1.03. The molecule has 88 valence electrons. The fourth-order valence-corrected chi connectivity index (χ4v) is 1.71. The van der Waals surface area contributed by atoms with Crippen molar-refractivity contribution in [3.05, 3.63) is 35.1 Å². The van der Waals surface area contributed by atoms with Gasteiger partial charge in [0.2, 0.25) is 5.24 Å². The first-order valence-electron chi connectivity index (χ1n) is 4.68. The standard InChI is InChI=1S/C11H10ClF3O/c1-3-11(2,10(12)16)9-7(14)4-6(13)5-8(9)15/h4-5H,3H2,1-2H3. The van der Waals surface area contributed by atoms with Gasteiger partial charge in [0.1, 0.15) is 17.5 Å². The summed E-state index contributed by atoms with van der Waals surface area (Å²) in [6, 6.07) is 1.07. The Kier molecular flexibility index (Phi) is 3.63. The molecule has 1 aromatic rings. The van der Waals surface area contributed by atoms with Crippen molar-refractivity contribution in [3.8, 4) is 0 Å². The van der Waals surface area contributed by atoms with E-state index in [-0.39, 0.29) is 6.42 Å². The summed E-state index contributed by atoms with van der Waals surface area (Å²) < 4.78 is 39.6. The molecule has 0 aliphatic carbocycles. The number of benzene rings is 1. The smallest absolute Gasteiger partial charge is 0.232 e. The van der Waals surface area contributed by atoms with E-state index in [2.05, 4.69) is 0 Å². The maximum Gasteiger partial charge on any atom is 0.232 e. The Labute approximate surface area is 96.2 Å². The summed E-state index contributed by atoms with van der Waals surface area (Å²) in [7, 11) is 0. The lowest BCUT2D eigenvalue weighted by Crippen LogP contribution is -2.31. The van der Waals surface area contributed by atoms with Gasteiger partial charge in [-0.25, -0.2) is 13.2 Å². The minimum atomic E-state index is -1.48. The third-order valence-corrected chi connectivity index (χ3v) is 3.12. The summed E-state index contributed by atoms with van der Waals surface area (Å²) in [6.45, 7) is 2.89. The molecule has 1 aromatic carbocycles. The highest BCUT2D eigenvalue weighted by atomic mass is 35.5. The van der Waals surface area contributed by atoms with Gasteiger partial charge in [0.15, 0.2) is 0 Å². The SMILES string of the molecule is CCC(C)(C(=O)Cl)c1c(F)cc(F)cc1F. The average Bonchev–Trinajstić information content (AvgIpc) is 2.15. The van der Waals surface area contributed by atoms with Gasteiger partial charge >= 0.3 is 0 Å². The zero-order chi connectivity index (χ0) is 12.5. The van der Waals surface area contributed by atoms with Crippen molar-refractivity contribution in [2.24, 2.45) is 0 Å². The Morgan fingerprint density at radius 1 is 1.31 bits per heavy atom. The van der Waals surface area contributed by atoms with E-state index in [1.54, 1.807) is 6.92 Å². The van der Waals surface area contributed by atoms with E-state index in [4.69, 9.17) is 11.6 Å². The van der Waals surface area contributed by atoms with Gasteiger partial charge in [-0.1, -0.05) is 6.92 Å². The molecule has 0 amide bonds. The van der Waals surface area contributed by atoms with E-state index >= 15 is 0 Å². The molecule has 0 heterocycles.